The minimum Gasteiger partial charge on any atom is -0.381 e. The van der Waals surface area contributed by atoms with Crippen LogP contribution in [-0.2, 0) is 17.6 Å². The van der Waals surface area contributed by atoms with Crippen LogP contribution in [0.4, 0.5) is 0 Å². The van der Waals surface area contributed by atoms with Gasteiger partial charge in [0.1, 0.15) is 0 Å². The normalized spacial score (nSPS) is 31.8. The zero-order valence-corrected chi connectivity index (χ0v) is 11.9. The molecule has 0 aromatic heterocycles. The summed E-state index contributed by atoms with van der Waals surface area (Å²) in [5.74, 6) is 0. The molecule has 1 aromatic rings. The number of rotatable bonds is 1. The van der Waals surface area contributed by atoms with Gasteiger partial charge in [0.15, 0.2) is 0 Å². The number of methoxy groups -OCH3 is 1. The molecule has 0 radical (unpaired) electrons. The van der Waals surface area contributed by atoms with Gasteiger partial charge in [0, 0.05) is 11.6 Å². The Morgan fingerprint density at radius 2 is 1.88 bits per heavy atom. The third-order valence-electron chi connectivity index (χ3n) is 4.63. The molecule has 0 heterocycles. The molecule has 0 bridgehead atoms. The molecule has 0 atom stereocenters. The molecule has 17 heavy (non-hydrogen) atoms. The predicted octanol–water partition coefficient (Wildman–Crippen LogP) is 4.12. The van der Waals surface area contributed by atoms with Crippen LogP contribution >= 0.6 is 15.9 Å². The average Bonchev–Trinajstić information content (AvgIpc) is 2.67. The standard InChI is InChI=1S/C15H19BrO/c1-17-14-4-6-15(7-5-14)9-11-2-3-13(16)8-12(11)10-15/h2-3,8,14H,4-7,9-10H2,1H3/t14-,15-. The Labute approximate surface area is 112 Å². The van der Waals surface area contributed by atoms with Crippen molar-refractivity contribution < 1.29 is 4.74 Å². The van der Waals surface area contributed by atoms with Crippen LogP contribution in [0.3, 0.4) is 0 Å². The van der Waals surface area contributed by atoms with E-state index in [1.165, 1.54) is 43.0 Å². The molecule has 0 saturated heterocycles. The van der Waals surface area contributed by atoms with Gasteiger partial charge in [0.2, 0.25) is 0 Å². The summed E-state index contributed by atoms with van der Waals surface area (Å²) in [7, 11) is 1.85. The van der Waals surface area contributed by atoms with E-state index in [0.717, 1.165) is 0 Å². The number of ether oxygens (including phenoxy) is 1. The first-order chi connectivity index (χ1) is 8.21. The summed E-state index contributed by atoms with van der Waals surface area (Å²) < 4.78 is 6.70. The largest absolute Gasteiger partial charge is 0.381 e. The molecule has 1 nitrogen and oxygen atoms in total. The fraction of sp³-hybridized carbons (Fsp3) is 0.600. The SMILES string of the molecule is CO[C@H]1CC[C@]2(CC1)Cc1ccc(Br)cc1C2. The molecule has 1 saturated carbocycles. The molecule has 3 rings (SSSR count). The monoisotopic (exact) mass is 294 g/mol. The van der Waals surface area contributed by atoms with Crippen LogP contribution in [0.25, 0.3) is 0 Å². The van der Waals surface area contributed by atoms with Gasteiger partial charge in [-0.25, -0.2) is 0 Å². The van der Waals surface area contributed by atoms with E-state index in [0.29, 0.717) is 11.5 Å². The number of hydrogen-bond donors (Lipinski definition) is 0. The van der Waals surface area contributed by atoms with Crippen molar-refractivity contribution >= 4 is 15.9 Å². The quantitative estimate of drug-likeness (QED) is 0.757. The van der Waals surface area contributed by atoms with Crippen LogP contribution in [0.15, 0.2) is 22.7 Å². The summed E-state index contributed by atoms with van der Waals surface area (Å²) in [6, 6.07) is 6.79. The van der Waals surface area contributed by atoms with Gasteiger partial charge in [0.25, 0.3) is 0 Å². The predicted molar refractivity (Wildman–Crippen MR) is 73.2 cm³/mol. The van der Waals surface area contributed by atoms with Gasteiger partial charge in [-0.2, -0.15) is 0 Å². The zero-order valence-electron chi connectivity index (χ0n) is 10.3. The Morgan fingerprint density at radius 3 is 2.59 bits per heavy atom. The first-order valence-corrected chi connectivity index (χ1v) is 7.30. The Bertz CT molecular complexity index is 419. The number of hydrogen-bond acceptors (Lipinski definition) is 1. The van der Waals surface area contributed by atoms with Crippen molar-refractivity contribution in [2.75, 3.05) is 7.11 Å². The topological polar surface area (TPSA) is 9.23 Å². The van der Waals surface area contributed by atoms with Crippen LogP contribution in [0, 0.1) is 5.41 Å². The van der Waals surface area contributed by atoms with E-state index in [9.17, 15) is 0 Å². The summed E-state index contributed by atoms with van der Waals surface area (Å²) in [4.78, 5) is 0. The van der Waals surface area contributed by atoms with Crippen LogP contribution in [0.2, 0.25) is 0 Å². The second kappa shape index (κ2) is 4.40. The van der Waals surface area contributed by atoms with Gasteiger partial charge < -0.3 is 4.74 Å². The molecule has 0 N–H and O–H groups in total. The maximum absolute atomic E-state index is 5.48. The Hall–Kier alpha value is -0.340. The van der Waals surface area contributed by atoms with Gasteiger partial charge in [-0.3, -0.25) is 0 Å². The molecule has 1 aromatic carbocycles. The van der Waals surface area contributed by atoms with Crippen molar-refractivity contribution in [3.63, 3.8) is 0 Å². The highest BCUT2D eigenvalue weighted by molar-refractivity contribution is 9.10. The Morgan fingerprint density at radius 1 is 1.18 bits per heavy atom. The molecule has 0 amide bonds. The molecule has 0 aliphatic heterocycles. The van der Waals surface area contributed by atoms with E-state index in [-0.39, 0.29) is 0 Å². The van der Waals surface area contributed by atoms with E-state index in [2.05, 4.69) is 34.1 Å². The Balaban J connectivity index is 1.77. The van der Waals surface area contributed by atoms with Crippen LogP contribution in [0.1, 0.15) is 36.8 Å². The molecular formula is C15H19BrO. The van der Waals surface area contributed by atoms with Crippen molar-refractivity contribution in [1.29, 1.82) is 0 Å². The number of halogens is 1. The van der Waals surface area contributed by atoms with Crippen molar-refractivity contribution in [1.82, 2.24) is 0 Å². The van der Waals surface area contributed by atoms with Crippen molar-refractivity contribution in [3.05, 3.63) is 33.8 Å². The average molecular weight is 295 g/mol. The summed E-state index contributed by atoms with van der Waals surface area (Å²) in [5, 5.41) is 0. The molecule has 1 fully saturated rings. The van der Waals surface area contributed by atoms with Gasteiger partial charge in [-0.15, -0.1) is 0 Å². The lowest BCUT2D eigenvalue weighted by Gasteiger charge is -2.36. The maximum atomic E-state index is 5.48. The second-order valence-electron chi connectivity index (χ2n) is 5.70. The Kier molecular flexibility index (Phi) is 3.04. The molecule has 92 valence electrons. The van der Waals surface area contributed by atoms with Crippen molar-refractivity contribution in [2.45, 2.75) is 44.6 Å². The van der Waals surface area contributed by atoms with Gasteiger partial charge in [-0.1, -0.05) is 22.0 Å². The first kappa shape index (κ1) is 11.7. The van der Waals surface area contributed by atoms with Crippen LogP contribution in [-0.4, -0.2) is 13.2 Å². The fourth-order valence-corrected chi connectivity index (χ4v) is 4.00. The molecule has 2 aliphatic rings. The highest BCUT2D eigenvalue weighted by atomic mass is 79.9. The minimum absolute atomic E-state index is 0.510. The molecule has 2 heteroatoms. The summed E-state index contributed by atoms with van der Waals surface area (Å²) >= 11 is 3.58. The highest BCUT2D eigenvalue weighted by Crippen LogP contribution is 2.48. The number of fused-ring (bicyclic) bond motifs is 1. The minimum atomic E-state index is 0.510. The number of benzene rings is 1. The lowest BCUT2D eigenvalue weighted by Crippen LogP contribution is -2.31. The second-order valence-corrected chi connectivity index (χ2v) is 6.62. The third-order valence-corrected chi connectivity index (χ3v) is 5.12. The third kappa shape index (κ3) is 2.17. The molecular weight excluding hydrogens is 276 g/mol. The van der Waals surface area contributed by atoms with E-state index >= 15 is 0 Å². The lowest BCUT2D eigenvalue weighted by atomic mass is 9.71. The highest BCUT2D eigenvalue weighted by Gasteiger charge is 2.40. The lowest BCUT2D eigenvalue weighted by molar-refractivity contribution is 0.0298. The van der Waals surface area contributed by atoms with Crippen molar-refractivity contribution in [2.24, 2.45) is 5.41 Å². The summed E-state index contributed by atoms with van der Waals surface area (Å²) in [6.45, 7) is 0. The van der Waals surface area contributed by atoms with Gasteiger partial charge in [-0.05, 0) is 67.2 Å². The zero-order chi connectivity index (χ0) is 11.9. The summed E-state index contributed by atoms with van der Waals surface area (Å²) in [5.41, 5.74) is 3.69. The van der Waals surface area contributed by atoms with E-state index in [4.69, 9.17) is 4.74 Å². The van der Waals surface area contributed by atoms with E-state index in [1.54, 1.807) is 11.1 Å². The first-order valence-electron chi connectivity index (χ1n) is 6.51. The molecule has 2 aliphatic carbocycles. The maximum Gasteiger partial charge on any atom is 0.0571 e. The molecule has 0 unspecified atom stereocenters. The van der Waals surface area contributed by atoms with E-state index < -0.39 is 0 Å². The molecule has 1 spiro atoms. The van der Waals surface area contributed by atoms with E-state index in [1.807, 2.05) is 7.11 Å². The van der Waals surface area contributed by atoms with Gasteiger partial charge in [0.05, 0.1) is 6.10 Å². The van der Waals surface area contributed by atoms with Crippen LogP contribution < -0.4 is 0 Å². The van der Waals surface area contributed by atoms with Crippen molar-refractivity contribution in [3.8, 4) is 0 Å². The summed E-state index contributed by atoms with van der Waals surface area (Å²) in [6.07, 6.45) is 8.22. The fourth-order valence-electron chi connectivity index (χ4n) is 3.59. The van der Waals surface area contributed by atoms with Crippen LogP contribution in [0.5, 0.6) is 0 Å². The van der Waals surface area contributed by atoms with Gasteiger partial charge >= 0.3 is 0 Å². The smallest absolute Gasteiger partial charge is 0.0571 e.